The number of amides is 4. The van der Waals surface area contributed by atoms with Crippen molar-refractivity contribution in [2.75, 3.05) is 26.7 Å². The summed E-state index contributed by atoms with van der Waals surface area (Å²) in [5, 5.41) is 5.89. The van der Waals surface area contributed by atoms with E-state index in [0.29, 0.717) is 19.6 Å². The molecule has 0 bridgehead atoms. The van der Waals surface area contributed by atoms with Crippen LogP contribution in [0, 0.1) is 0 Å². The van der Waals surface area contributed by atoms with Crippen molar-refractivity contribution in [2.45, 2.75) is 18.5 Å². The van der Waals surface area contributed by atoms with Gasteiger partial charge in [0.05, 0.1) is 11.6 Å². The van der Waals surface area contributed by atoms with Gasteiger partial charge in [-0.3, -0.25) is 0 Å². The van der Waals surface area contributed by atoms with E-state index in [0.717, 1.165) is 11.1 Å². The lowest BCUT2D eigenvalue weighted by Gasteiger charge is -2.50. The Morgan fingerprint density at radius 2 is 1.70 bits per heavy atom. The first kappa shape index (κ1) is 17.4. The minimum absolute atomic E-state index is 0.0677. The lowest BCUT2D eigenvalue weighted by atomic mass is 9.90. The summed E-state index contributed by atoms with van der Waals surface area (Å²) < 4.78 is 0. The van der Waals surface area contributed by atoms with Gasteiger partial charge in [0.25, 0.3) is 0 Å². The molecule has 2 heterocycles. The van der Waals surface area contributed by atoms with E-state index in [4.69, 9.17) is 0 Å². The molecule has 0 saturated carbocycles. The average molecular weight is 364 g/mol. The van der Waals surface area contributed by atoms with Gasteiger partial charge in [0.1, 0.15) is 0 Å². The molecule has 6 heteroatoms. The SMILES string of the molecule is CC(NC(=O)N1CC2(CNC(=O)N2C)C1)c1ccc(-c2ccccc2)cc1. The van der Waals surface area contributed by atoms with Crippen LogP contribution >= 0.6 is 0 Å². The number of urea groups is 2. The van der Waals surface area contributed by atoms with Gasteiger partial charge in [-0.2, -0.15) is 0 Å². The van der Waals surface area contributed by atoms with Gasteiger partial charge in [0, 0.05) is 26.7 Å². The number of likely N-dealkylation sites (tertiary alicyclic amines) is 1. The molecule has 0 radical (unpaired) electrons. The average Bonchev–Trinajstić information content (AvgIpc) is 2.96. The fourth-order valence-corrected chi connectivity index (χ4v) is 3.78. The van der Waals surface area contributed by atoms with E-state index < -0.39 is 0 Å². The zero-order valence-electron chi connectivity index (χ0n) is 15.6. The van der Waals surface area contributed by atoms with Crippen molar-refractivity contribution in [3.8, 4) is 11.1 Å². The zero-order chi connectivity index (χ0) is 19.0. The summed E-state index contributed by atoms with van der Waals surface area (Å²) in [6.07, 6.45) is 0. The molecule has 4 rings (SSSR count). The summed E-state index contributed by atoms with van der Waals surface area (Å²) in [6.45, 7) is 3.71. The van der Waals surface area contributed by atoms with E-state index >= 15 is 0 Å². The standard InChI is InChI=1S/C21H24N4O2/c1-15(16-8-10-18(11-9-16)17-6-4-3-5-7-17)23-20(27)25-13-21(14-25)12-22-19(26)24(21)2/h3-11,15H,12-14H2,1-2H3,(H,22,26)(H,23,27). The number of hydrogen-bond donors (Lipinski definition) is 2. The van der Waals surface area contributed by atoms with Crippen LogP contribution in [0.1, 0.15) is 18.5 Å². The molecule has 0 aliphatic carbocycles. The molecule has 1 atom stereocenters. The minimum Gasteiger partial charge on any atom is -0.335 e. The molecule has 2 fully saturated rings. The highest BCUT2D eigenvalue weighted by Gasteiger charge is 2.53. The molecule has 2 aliphatic rings. The Labute approximate surface area is 159 Å². The van der Waals surface area contributed by atoms with Crippen LogP contribution in [0.2, 0.25) is 0 Å². The van der Waals surface area contributed by atoms with E-state index in [1.165, 1.54) is 5.56 Å². The molecule has 4 amide bonds. The first-order chi connectivity index (χ1) is 13.0. The van der Waals surface area contributed by atoms with Crippen molar-refractivity contribution in [2.24, 2.45) is 0 Å². The summed E-state index contributed by atoms with van der Waals surface area (Å²) in [5.41, 5.74) is 3.15. The van der Waals surface area contributed by atoms with Crippen LogP contribution in [-0.4, -0.2) is 54.1 Å². The molecule has 2 aliphatic heterocycles. The van der Waals surface area contributed by atoms with Crippen LogP contribution < -0.4 is 10.6 Å². The Morgan fingerprint density at radius 1 is 1.07 bits per heavy atom. The lowest BCUT2D eigenvalue weighted by Crippen LogP contribution is -2.71. The molecular weight excluding hydrogens is 340 g/mol. The van der Waals surface area contributed by atoms with E-state index in [1.807, 2.05) is 25.1 Å². The van der Waals surface area contributed by atoms with Gasteiger partial charge in [0.2, 0.25) is 0 Å². The number of benzene rings is 2. The van der Waals surface area contributed by atoms with Gasteiger partial charge in [0.15, 0.2) is 0 Å². The minimum atomic E-state index is -0.241. The van der Waals surface area contributed by atoms with Crippen molar-refractivity contribution in [1.29, 1.82) is 0 Å². The number of rotatable bonds is 3. The normalized spacial score (nSPS) is 18.8. The molecule has 2 aromatic carbocycles. The van der Waals surface area contributed by atoms with Gasteiger partial charge in [-0.05, 0) is 23.6 Å². The second-order valence-corrected chi connectivity index (χ2v) is 7.46. The van der Waals surface area contributed by atoms with Crippen molar-refractivity contribution in [1.82, 2.24) is 20.4 Å². The second kappa shape index (κ2) is 6.61. The third-order valence-electron chi connectivity index (χ3n) is 5.70. The van der Waals surface area contributed by atoms with E-state index in [1.54, 1.807) is 16.8 Å². The van der Waals surface area contributed by atoms with Gasteiger partial charge >= 0.3 is 12.1 Å². The van der Waals surface area contributed by atoms with Crippen LogP contribution in [0.4, 0.5) is 9.59 Å². The predicted molar refractivity (Wildman–Crippen MR) is 104 cm³/mol. The van der Waals surface area contributed by atoms with Crippen LogP contribution in [0.15, 0.2) is 54.6 Å². The Bertz CT molecular complexity index is 844. The molecule has 2 N–H and O–H groups in total. The molecule has 1 spiro atoms. The van der Waals surface area contributed by atoms with Crippen molar-refractivity contribution < 1.29 is 9.59 Å². The molecule has 6 nitrogen and oxygen atoms in total. The highest BCUT2D eigenvalue weighted by Crippen LogP contribution is 2.30. The molecule has 1 unspecified atom stereocenters. The van der Waals surface area contributed by atoms with Gasteiger partial charge in [-0.15, -0.1) is 0 Å². The number of carbonyl (C=O) groups is 2. The van der Waals surface area contributed by atoms with Gasteiger partial charge in [-0.1, -0.05) is 54.6 Å². The molecular formula is C21H24N4O2. The Kier molecular flexibility index (Phi) is 4.26. The summed E-state index contributed by atoms with van der Waals surface area (Å²) >= 11 is 0. The molecule has 2 saturated heterocycles. The number of nitrogens with one attached hydrogen (secondary N) is 2. The van der Waals surface area contributed by atoms with Crippen molar-refractivity contribution in [3.05, 3.63) is 60.2 Å². The number of likely N-dealkylation sites (N-methyl/N-ethyl adjacent to an activating group) is 1. The molecule has 2 aromatic rings. The summed E-state index contributed by atoms with van der Waals surface area (Å²) in [4.78, 5) is 27.6. The van der Waals surface area contributed by atoms with Crippen LogP contribution in [0.5, 0.6) is 0 Å². The highest BCUT2D eigenvalue weighted by molar-refractivity contribution is 5.81. The van der Waals surface area contributed by atoms with Crippen molar-refractivity contribution in [3.63, 3.8) is 0 Å². The first-order valence-corrected chi connectivity index (χ1v) is 9.21. The lowest BCUT2D eigenvalue weighted by molar-refractivity contribution is 0.0302. The van der Waals surface area contributed by atoms with E-state index in [-0.39, 0.29) is 23.6 Å². The summed E-state index contributed by atoms with van der Waals surface area (Å²) in [6, 6.07) is 18.2. The summed E-state index contributed by atoms with van der Waals surface area (Å²) in [7, 11) is 1.79. The second-order valence-electron chi connectivity index (χ2n) is 7.46. The predicted octanol–water partition coefficient (Wildman–Crippen LogP) is 2.83. The first-order valence-electron chi connectivity index (χ1n) is 9.21. The maximum absolute atomic E-state index is 12.5. The zero-order valence-corrected chi connectivity index (χ0v) is 15.6. The highest BCUT2D eigenvalue weighted by atomic mass is 16.2. The molecule has 140 valence electrons. The third-order valence-corrected chi connectivity index (χ3v) is 5.70. The Morgan fingerprint density at radius 3 is 2.30 bits per heavy atom. The van der Waals surface area contributed by atoms with E-state index in [9.17, 15) is 9.59 Å². The van der Waals surface area contributed by atoms with Gasteiger partial charge < -0.3 is 20.4 Å². The van der Waals surface area contributed by atoms with Crippen LogP contribution in [0.25, 0.3) is 11.1 Å². The number of carbonyl (C=O) groups excluding carboxylic acids is 2. The maximum Gasteiger partial charge on any atom is 0.318 e. The third kappa shape index (κ3) is 3.12. The monoisotopic (exact) mass is 364 g/mol. The fraction of sp³-hybridized carbons (Fsp3) is 0.333. The van der Waals surface area contributed by atoms with Gasteiger partial charge in [-0.25, -0.2) is 9.59 Å². The summed E-state index contributed by atoms with van der Waals surface area (Å²) in [5.74, 6) is 0. The van der Waals surface area contributed by atoms with Crippen molar-refractivity contribution >= 4 is 12.1 Å². The van der Waals surface area contributed by atoms with Crippen LogP contribution in [-0.2, 0) is 0 Å². The number of hydrogen-bond acceptors (Lipinski definition) is 2. The Hall–Kier alpha value is -3.02. The van der Waals surface area contributed by atoms with Crippen LogP contribution in [0.3, 0.4) is 0 Å². The topological polar surface area (TPSA) is 64.7 Å². The Balaban J connectivity index is 1.35. The van der Waals surface area contributed by atoms with E-state index in [2.05, 4.69) is 47.0 Å². The number of nitrogens with zero attached hydrogens (tertiary/aromatic N) is 2. The fourth-order valence-electron chi connectivity index (χ4n) is 3.78. The smallest absolute Gasteiger partial charge is 0.318 e. The maximum atomic E-state index is 12.5. The molecule has 0 aromatic heterocycles. The largest absolute Gasteiger partial charge is 0.335 e. The molecule has 27 heavy (non-hydrogen) atoms. The quantitative estimate of drug-likeness (QED) is 0.880.